The minimum atomic E-state index is -1.06. The second kappa shape index (κ2) is 5.81. The fourth-order valence-corrected chi connectivity index (χ4v) is 2.41. The lowest BCUT2D eigenvalue weighted by atomic mass is 10.0. The summed E-state index contributed by atoms with van der Waals surface area (Å²) in [7, 11) is 0. The van der Waals surface area contributed by atoms with Crippen molar-refractivity contribution in [3.05, 3.63) is 23.8 Å². The normalized spacial score (nSPS) is 17.0. The van der Waals surface area contributed by atoms with Crippen molar-refractivity contribution in [3.63, 3.8) is 0 Å². The van der Waals surface area contributed by atoms with Gasteiger partial charge in [0.15, 0.2) is 11.5 Å². The van der Waals surface area contributed by atoms with Gasteiger partial charge in [-0.2, -0.15) is 0 Å². The quantitative estimate of drug-likeness (QED) is 0.717. The maximum absolute atomic E-state index is 11.8. The molecule has 6 heteroatoms. The van der Waals surface area contributed by atoms with E-state index >= 15 is 0 Å². The summed E-state index contributed by atoms with van der Waals surface area (Å²) >= 11 is 0. The topological polar surface area (TPSA) is 98.1 Å². The Bertz CT molecular complexity index is 528. The number of benzene rings is 1. The molecule has 0 aromatic heterocycles. The van der Waals surface area contributed by atoms with Crippen LogP contribution in [0.1, 0.15) is 24.8 Å². The summed E-state index contributed by atoms with van der Waals surface area (Å²) in [5, 5.41) is 28.0. The summed E-state index contributed by atoms with van der Waals surface area (Å²) in [5.74, 6) is -1.76. The smallest absolute Gasteiger partial charge is 0.326 e. The second-order valence-electron chi connectivity index (χ2n) is 4.93. The number of piperidine rings is 1. The van der Waals surface area contributed by atoms with Crippen molar-refractivity contribution in [1.82, 2.24) is 4.90 Å². The third-order valence-electron chi connectivity index (χ3n) is 3.49. The predicted molar refractivity (Wildman–Crippen MR) is 70.5 cm³/mol. The number of nitrogens with zero attached hydrogens (tertiary/aromatic N) is 1. The molecule has 1 aromatic rings. The molecule has 1 atom stereocenters. The van der Waals surface area contributed by atoms with Crippen LogP contribution in [0.25, 0.3) is 0 Å². The fraction of sp³-hybridized carbons (Fsp3) is 0.429. The van der Waals surface area contributed by atoms with Crippen LogP contribution >= 0.6 is 0 Å². The predicted octanol–water partition coefficient (Wildman–Crippen LogP) is 1.11. The van der Waals surface area contributed by atoms with Gasteiger partial charge in [0.25, 0.3) is 0 Å². The van der Waals surface area contributed by atoms with Crippen molar-refractivity contribution in [2.75, 3.05) is 6.54 Å². The molecule has 108 valence electrons. The van der Waals surface area contributed by atoms with E-state index in [9.17, 15) is 24.9 Å². The Labute approximate surface area is 116 Å². The molecule has 2 rings (SSSR count). The van der Waals surface area contributed by atoms with E-state index in [0.717, 1.165) is 12.8 Å². The van der Waals surface area contributed by atoms with Gasteiger partial charge in [0.05, 0.1) is 0 Å². The molecule has 0 aliphatic carbocycles. The zero-order valence-electron chi connectivity index (χ0n) is 11.0. The summed E-state index contributed by atoms with van der Waals surface area (Å²) in [6.07, 6.45) is 2.08. The Morgan fingerprint density at radius 2 is 2.00 bits per heavy atom. The van der Waals surface area contributed by atoms with E-state index in [2.05, 4.69) is 0 Å². The molecule has 1 heterocycles. The van der Waals surface area contributed by atoms with Crippen molar-refractivity contribution in [1.29, 1.82) is 0 Å². The van der Waals surface area contributed by atoms with Gasteiger partial charge < -0.3 is 20.2 Å². The SMILES string of the molecule is O=C(O)C(Cc1ccc(O)c(O)c1)N1CCCCC1=O. The van der Waals surface area contributed by atoms with Crippen LogP contribution in [0.15, 0.2) is 18.2 Å². The van der Waals surface area contributed by atoms with Crippen LogP contribution in [0.4, 0.5) is 0 Å². The molecule has 3 N–H and O–H groups in total. The number of rotatable bonds is 4. The van der Waals surface area contributed by atoms with Gasteiger partial charge >= 0.3 is 5.97 Å². The third-order valence-corrected chi connectivity index (χ3v) is 3.49. The van der Waals surface area contributed by atoms with Gasteiger partial charge in [-0.15, -0.1) is 0 Å². The zero-order chi connectivity index (χ0) is 14.7. The van der Waals surface area contributed by atoms with Crippen LogP contribution in [0.2, 0.25) is 0 Å². The minimum absolute atomic E-state index is 0.106. The molecule has 20 heavy (non-hydrogen) atoms. The first kappa shape index (κ1) is 14.2. The average molecular weight is 279 g/mol. The standard InChI is InChI=1S/C14H17NO5/c16-11-5-4-9(8-12(11)17)7-10(14(19)20)15-6-2-1-3-13(15)18/h4-5,8,10,16-17H,1-3,6-7H2,(H,19,20). The highest BCUT2D eigenvalue weighted by molar-refractivity contribution is 5.84. The number of phenols is 2. The molecule has 1 aliphatic heterocycles. The summed E-state index contributed by atoms with van der Waals surface area (Å²) in [4.78, 5) is 24.6. The number of phenolic OH excluding ortho intramolecular Hbond substituents is 2. The van der Waals surface area contributed by atoms with Crippen LogP contribution in [-0.4, -0.2) is 44.7 Å². The minimum Gasteiger partial charge on any atom is -0.504 e. The van der Waals surface area contributed by atoms with Gasteiger partial charge in [-0.1, -0.05) is 6.07 Å². The Hall–Kier alpha value is -2.24. The van der Waals surface area contributed by atoms with Gasteiger partial charge in [-0.25, -0.2) is 4.79 Å². The molecule has 6 nitrogen and oxygen atoms in total. The van der Waals surface area contributed by atoms with Crippen molar-refractivity contribution >= 4 is 11.9 Å². The van der Waals surface area contributed by atoms with Crippen LogP contribution < -0.4 is 0 Å². The number of carbonyl (C=O) groups is 2. The number of likely N-dealkylation sites (tertiary alicyclic amines) is 1. The van der Waals surface area contributed by atoms with Crippen molar-refractivity contribution < 1.29 is 24.9 Å². The molecule has 1 amide bonds. The maximum Gasteiger partial charge on any atom is 0.326 e. The summed E-state index contributed by atoms with van der Waals surface area (Å²) in [6.45, 7) is 0.444. The number of amides is 1. The first-order chi connectivity index (χ1) is 9.49. The first-order valence-electron chi connectivity index (χ1n) is 6.52. The zero-order valence-corrected chi connectivity index (χ0v) is 11.0. The molecule has 1 fully saturated rings. The van der Waals surface area contributed by atoms with E-state index in [1.54, 1.807) is 6.07 Å². The molecule has 0 saturated carbocycles. The number of hydrogen-bond donors (Lipinski definition) is 3. The van der Waals surface area contributed by atoms with Gasteiger partial charge in [0, 0.05) is 19.4 Å². The number of aliphatic carboxylic acids is 1. The van der Waals surface area contributed by atoms with Crippen molar-refractivity contribution in [2.24, 2.45) is 0 Å². The van der Waals surface area contributed by atoms with Gasteiger partial charge in [-0.05, 0) is 30.5 Å². The molecule has 1 aliphatic rings. The Morgan fingerprint density at radius 1 is 1.25 bits per heavy atom. The summed E-state index contributed by atoms with van der Waals surface area (Å²) in [6, 6.07) is 3.23. The number of hydrogen-bond acceptors (Lipinski definition) is 4. The molecule has 0 bridgehead atoms. The molecular weight excluding hydrogens is 262 g/mol. The van der Waals surface area contributed by atoms with E-state index in [1.165, 1.54) is 17.0 Å². The second-order valence-corrected chi connectivity index (χ2v) is 4.93. The Kier molecular flexibility index (Phi) is 4.12. The van der Waals surface area contributed by atoms with E-state index in [1.807, 2.05) is 0 Å². The first-order valence-corrected chi connectivity index (χ1v) is 6.52. The van der Waals surface area contributed by atoms with Crippen molar-refractivity contribution in [2.45, 2.75) is 31.7 Å². The van der Waals surface area contributed by atoms with Gasteiger partial charge in [-0.3, -0.25) is 4.79 Å². The lowest BCUT2D eigenvalue weighted by molar-refractivity contribution is -0.151. The van der Waals surface area contributed by atoms with E-state index < -0.39 is 12.0 Å². The maximum atomic E-state index is 11.8. The highest BCUT2D eigenvalue weighted by atomic mass is 16.4. The van der Waals surface area contributed by atoms with E-state index in [4.69, 9.17) is 0 Å². The van der Waals surface area contributed by atoms with Crippen LogP contribution in [-0.2, 0) is 16.0 Å². The van der Waals surface area contributed by atoms with E-state index in [0.29, 0.717) is 18.5 Å². The molecule has 1 saturated heterocycles. The highest BCUT2D eigenvalue weighted by Crippen LogP contribution is 2.26. The van der Waals surface area contributed by atoms with Crippen LogP contribution in [0, 0.1) is 0 Å². The number of aromatic hydroxyl groups is 2. The lowest BCUT2D eigenvalue weighted by Crippen LogP contribution is -2.48. The molecule has 1 aromatic carbocycles. The summed E-state index contributed by atoms with van der Waals surface area (Å²) < 4.78 is 0. The largest absolute Gasteiger partial charge is 0.504 e. The molecule has 0 radical (unpaired) electrons. The summed E-state index contributed by atoms with van der Waals surface area (Å²) in [5.41, 5.74) is 0.561. The Balaban J connectivity index is 2.18. The van der Waals surface area contributed by atoms with Crippen LogP contribution in [0.3, 0.4) is 0 Å². The number of carbonyl (C=O) groups excluding carboxylic acids is 1. The fourth-order valence-electron chi connectivity index (χ4n) is 2.41. The molecule has 0 spiro atoms. The van der Waals surface area contributed by atoms with Crippen molar-refractivity contribution in [3.8, 4) is 11.5 Å². The molecular formula is C14H17NO5. The lowest BCUT2D eigenvalue weighted by Gasteiger charge is -2.32. The number of carboxylic acid groups (broad SMARTS) is 1. The van der Waals surface area contributed by atoms with Gasteiger partial charge in [0.1, 0.15) is 6.04 Å². The number of carboxylic acids is 1. The van der Waals surface area contributed by atoms with E-state index in [-0.39, 0.29) is 23.8 Å². The highest BCUT2D eigenvalue weighted by Gasteiger charge is 2.31. The van der Waals surface area contributed by atoms with Gasteiger partial charge in [0.2, 0.25) is 5.91 Å². The third kappa shape index (κ3) is 3.01. The average Bonchev–Trinajstić information content (AvgIpc) is 2.41. The monoisotopic (exact) mass is 279 g/mol. The molecule has 1 unspecified atom stereocenters. The Morgan fingerprint density at radius 3 is 2.60 bits per heavy atom. The van der Waals surface area contributed by atoms with Crippen LogP contribution in [0.5, 0.6) is 11.5 Å².